The van der Waals surface area contributed by atoms with Crippen LogP contribution in [0.1, 0.15) is 30.1 Å². The molecule has 0 radical (unpaired) electrons. The fourth-order valence-corrected chi connectivity index (χ4v) is 5.14. The zero-order valence-electron chi connectivity index (χ0n) is 15.3. The van der Waals surface area contributed by atoms with Crippen LogP contribution in [0.5, 0.6) is 0 Å². The molecule has 148 valence electrons. The first kappa shape index (κ1) is 19.8. The third kappa shape index (κ3) is 3.85. The number of piperidine rings is 1. The van der Waals surface area contributed by atoms with E-state index in [0.717, 1.165) is 0 Å². The second-order valence-electron chi connectivity index (χ2n) is 7.21. The van der Waals surface area contributed by atoms with Gasteiger partial charge in [-0.1, -0.05) is 12.1 Å². The summed E-state index contributed by atoms with van der Waals surface area (Å²) >= 11 is 0. The van der Waals surface area contributed by atoms with E-state index in [1.54, 1.807) is 19.1 Å². The Balaban J connectivity index is 1.91. The van der Waals surface area contributed by atoms with Gasteiger partial charge in [-0.15, -0.1) is 0 Å². The lowest BCUT2D eigenvalue weighted by molar-refractivity contribution is -0.150. The van der Waals surface area contributed by atoms with Crippen LogP contribution >= 0.6 is 0 Å². The number of ether oxygens (including phenoxy) is 1. The van der Waals surface area contributed by atoms with Crippen molar-refractivity contribution in [2.75, 3.05) is 39.4 Å². The van der Waals surface area contributed by atoms with Gasteiger partial charge in [-0.2, -0.15) is 4.31 Å². The predicted octanol–water partition coefficient (Wildman–Crippen LogP) is 1.03. The number of carboxylic acids is 1. The molecule has 9 heteroatoms. The topological polar surface area (TPSA) is 104 Å². The molecule has 0 aromatic heterocycles. The Morgan fingerprint density at radius 3 is 2.48 bits per heavy atom. The molecule has 1 unspecified atom stereocenters. The number of aliphatic carboxylic acids is 1. The van der Waals surface area contributed by atoms with Crippen molar-refractivity contribution in [2.45, 2.75) is 24.7 Å². The molecule has 2 aliphatic heterocycles. The van der Waals surface area contributed by atoms with E-state index in [4.69, 9.17) is 4.74 Å². The van der Waals surface area contributed by atoms with Gasteiger partial charge < -0.3 is 14.7 Å². The third-order valence-electron chi connectivity index (χ3n) is 5.21. The van der Waals surface area contributed by atoms with Gasteiger partial charge in [0.15, 0.2) is 0 Å². The van der Waals surface area contributed by atoms with Gasteiger partial charge in [-0.25, -0.2) is 8.42 Å². The Kier molecular flexibility index (Phi) is 5.55. The van der Waals surface area contributed by atoms with Crippen molar-refractivity contribution >= 4 is 21.9 Å². The van der Waals surface area contributed by atoms with Crippen LogP contribution in [0.3, 0.4) is 0 Å². The molecule has 0 aliphatic carbocycles. The summed E-state index contributed by atoms with van der Waals surface area (Å²) in [6.45, 7) is 3.21. The number of carboxylic acid groups (broad SMARTS) is 1. The lowest BCUT2D eigenvalue weighted by Crippen LogP contribution is -2.48. The zero-order chi connectivity index (χ0) is 19.7. The summed E-state index contributed by atoms with van der Waals surface area (Å²) in [5, 5.41) is 9.47. The second kappa shape index (κ2) is 7.57. The first-order valence-electron chi connectivity index (χ1n) is 8.95. The average molecular weight is 396 g/mol. The van der Waals surface area contributed by atoms with Gasteiger partial charge in [-0.05, 0) is 31.9 Å². The fraction of sp³-hybridized carbons (Fsp3) is 0.556. The molecule has 2 fully saturated rings. The van der Waals surface area contributed by atoms with Gasteiger partial charge in [-0.3, -0.25) is 9.59 Å². The highest BCUT2D eigenvalue weighted by molar-refractivity contribution is 7.89. The van der Waals surface area contributed by atoms with Crippen LogP contribution in [0.2, 0.25) is 0 Å². The molecule has 2 saturated heterocycles. The number of amides is 1. The highest BCUT2D eigenvalue weighted by atomic mass is 32.2. The zero-order valence-corrected chi connectivity index (χ0v) is 16.1. The minimum absolute atomic E-state index is 0.0421. The largest absolute Gasteiger partial charge is 0.481 e. The molecule has 1 aromatic rings. The quantitative estimate of drug-likeness (QED) is 0.815. The number of rotatable bonds is 4. The monoisotopic (exact) mass is 396 g/mol. The van der Waals surface area contributed by atoms with Crippen molar-refractivity contribution in [3.63, 3.8) is 0 Å². The van der Waals surface area contributed by atoms with Crippen LogP contribution in [-0.2, 0) is 19.6 Å². The highest BCUT2D eigenvalue weighted by Gasteiger charge is 2.40. The molecular weight excluding hydrogens is 372 g/mol. The van der Waals surface area contributed by atoms with Crippen molar-refractivity contribution < 1.29 is 27.9 Å². The van der Waals surface area contributed by atoms with Gasteiger partial charge in [0, 0.05) is 26.2 Å². The summed E-state index contributed by atoms with van der Waals surface area (Å²) in [4.78, 5) is 26.1. The molecule has 3 rings (SSSR count). The van der Waals surface area contributed by atoms with Gasteiger partial charge in [0.25, 0.3) is 5.91 Å². The van der Waals surface area contributed by atoms with E-state index in [1.807, 2.05) is 0 Å². The van der Waals surface area contributed by atoms with Gasteiger partial charge >= 0.3 is 5.97 Å². The Bertz CT molecular complexity index is 834. The van der Waals surface area contributed by atoms with Crippen molar-refractivity contribution in [1.29, 1.82) is 0 Å². The normalized spacial score (nSPS) is 24.6. The van der Waals surface area contributed by atoms with Crippen LogP contribution in [-0.4, -0.2) is 74.0 Å². The van der Waals surface area contributed by atoms with Crippen molar-refractivity contribution in [3.8, 4) is 0 Å². The summed E-state index contributed by atoms with van der Waals surface area (Å²) in [5.74, 6) is -1.40. The number of hydrogen-bond acceptors (Lipinski definition) is 5. The van der Waals surface area contributed by atoms with Crippen LogP contribution in [0.15, 0.2) is 29.2 Å². The minimum atomic E-state index is -3.83. The molecule has 27 heavy (non-hydrogen) atoms. The number of benzene rings is 1. The maximum Gasteiger partial charge on any atom is 0.311 e. The fourth-order valence-electron chi connectivity index (χ4n) is 3.55. The predicted molar refractivity (Wildman–Crippen MR) is 96.9 cm³/mol. The summed E-state index contributed by atoms with van der Waals surface area (Å²) in [6.07, 6.45) is 1.05. The van der Waals surface area contributed by atoms with Gasteiger partial charge in [0.05, 0.1) is 29.1 Å². The molecule has 1 atom stereocenters. The minimum Gasteiger partial charge on any atom is -0.481 e. The van der Waals surface area contributed by atoms with E-state index < -0.39 is 27.3 Å². The van der Waals surface area contributed by atoms with E-state index in [-0.39, 0.29) is 30.1 Å². The van der Waals surface area contributed by atoms with Crippen molar-refractivity contribution in [3.05, 3.63) is 29.8 Å². The molecule has 1 N–H and O–H groups in total. The molecule has 8 nitrogen and oxygen atoms in total. The Labute approximate surface area is 158 Å². The van der Waals surface area contributed by atoms with Crippen molar-refractivity contribution in [1.82, 2.24) is 9.21 Å². The maximum absolute atomic E-state index is 13.1. The van der Waals surface area contributed by atoms with Crippen LogP contribution in [0.4, 0.5) is 0 Å². The number of sulfonamides is 1. The molecule has 1 aromatic carbocycles. The Hall–Kier alpha value is -1.97. The first-order chi connectivity index (χ1) is 12.8. The summed E-state index contributed by atoms with van der Waals surface area (Å²) in [7, 11) is -3.83. The summed E-state index contributed by atoms with van der Waals surface area (Å²) in [5.41, 5.74) is -0.940. The lowest BCUT2D eigenvalue weighted by atomic mass is 9.82. The van der Waals surface area contributed by atoms with E-state index >= 15 is 0 Å². The number of morpholine rings is 1. The molecule has 2 heterocycles. The first-order valence-corrected chi connectivity index (χ1v) is 10.4. The van der Waals surface area contributed by atoms with E-state index in [0.29, 0.717) is 32.6 Å². The van der Waals surface area contributed by atoms with E-state index in [2.05, 4.69) is 0 Å². The third-order valence-corrected chi connectivity index (χ3v) is 7.16. The van der Waals surface area contributed by atoms with Gasteiger partial charge in [0.1, 0.15) is 0 Å². The SMILES string of the molecule is CC1(C(=O)O)CCCN(C(=O)c2ccccc2S(=O)(=O)N2CCOCC2)C1. The molecular formula is C18H24N2O6S. The standard InChI is InChI=1S/C18H24N2O6S/c1-18(17(22)23)7-4-8-19(13-18)16(21)14-5-2-3-6-15(14)27(24,25)20-9-11-26-12-10-20/h2-3,5-6H,4,7-13H2,1H3,(H,22,23). The van der Waals surface area contributed by atoms with Crippen LogP contribution in [0, 0.1) is 5.41 Å². The van der Waals surface area contributed by atoms with Crippen LogP contribution < -0.4 is 0 Å². The van der Waals surface area contributed by atoms with Gasteiger partial charge in [0.2, 0.25) is 10.0 Å². The smallest absolute Gasteiger partial charge is 0.311 e. The summed E-state index contributed by atoms with van der Waals surface area (Å²) in [6, 6.07) is 6.12. The van der Waals surface area contributed by atoms with Crippen molar-refractivity contribution in [2.24, 2.45) is 5.41 Å². The number of likely N-dealkylation sites (tertiary alicyclic amines) is 1. The van der Waals surface area contributed by atoms with E-state index in [9.17, 15) is 23.1 Å². The number of hydrogen-bond donors (Lipinski definition) is 1. The average Bonchev–Trinajstić information content (AvgIpc) is 2.68. The number of carbonyl (C=O) groups excluding carboxylic acids is 1. The lowest BCUT2D eigenvalue weighted by Gasteiger charge is -2.37. The number of nitrogens with zero attached hydrogens (tertiary/aromatic N) is 2. The Morgan fingerprint density at radius 1 is 1.15 bits per heavy atom. The number of carbonyl (C=O) groups is 2. The highest BCUT2D eigenvalue weighted by Crippen LogP contribution is 2.31. The van der Waals surface area contributed by atoms with Crippen LogP contribution in [0.25, 0.3) is 0 Å². The molecule has 2 aliphatic rings. The van der Waals surface area contributed by atoms with E-state index in [1.165, 1.54) is 21.3 Å². The maximum atomic E-state index is 13.1. The summed E-state index contributed by atoms with van der Waals surface area (Å²) < 4.78 is 32.6. The molecule has 1 amide bonds. The molecule has 0 saturated carbocycles. The molecule has 0 bridgehead atoms. The Morgan fingerprint density at radius 2 is 1.81 bits per heavy atom. The second-order valence-corrected chi connectivity index (χ2v) is 9.12. The molecule has 0 spiro atoms.